The van der Waals surface area contributed by atoms with E-state index >= 15 is 0 Å². The maximum Gasteiger partial charge on any atom is 0.162 e. The molecule has 0 aliphatic rings. The third-order valence-electron chi connectivity index (χ3n) is 2.37. The van der Waals surface area contributed by atoms with Crippen LogP contribution in [0.2, 0.25) is 0 Å². The first-order valence-electron chi connectivity index (χ1n) is 4.77. The SMILES string of the molecule is BrC(Br)=C(Br)C(Br)(Br)C(Br)(Br)C(Br)(Br)C(Br)(Br)C(Br)(Br)C(Br)(Br)Br. The molecule has 0 spiro atoms. The first-order valence-corrected chi connectivity index (χ1v) is 17.5. The van der Waals surface area contributed by atoms with Crippen LogP contribution in [-0.2, 0) is 0 Å². The summed E-state index contributed by atoms with van der Waals surface area (Å²) < 4.78 is -3.59. The van der Waals surface area contributed by atoms with Crippen molar-refractivity contribution in [2.75, 3.05) is 0 Å². The molecule has 24 heavy (non-hydrogen) atoms. The molecule has 0 bridgehead atoms. The minimum atomic E-state index is -0.908. The zero-order valence-electron chi connectivity index (χ0n) is 10.0. The zero-order valence-corrected chi connectivity index (χ0v) is 35.4. The van der Waals surface area contributed by atoms with Crippen LogP contribution in [0.3, 0.4) is 0 Å². The Morgan fingerprint density at radius 2 is 0.708 bits per heavy atom. The van der Waals surface area contributed by atoms with Crippen LogP contribution in [0.4, 0.5) is 0 Å². The van der Waals surface area contributed by atoms with Gasteiger partial charge in [-0.1, -0.05) is 223 Å². The molecule has 0 saturated heterocycles. The summed E-state index contributed by atoms with van der Waals surface area (Å²) in [7, 11) is 0. The van der Waals surface area contributed by atoms with Gasteiger partial charge in [0.25, 0.3) is 0 Å². The van der Waals surface area contributed by atoms with E-state index in [0.717, 1.165) is 7.87 Å². The summed E-state index contributed by atoms with van der Waals surface area (Å²) >= 11 is 58.4. The topological polar surface area (TPSA) is 0 Å². The molecular weight excluding hydrogens is 1370 g/mol. The molecule has 0 aromatic carbocycles. The normalized spacial score (nSPS) is 15.5. The molecule has 16 heteroatoms. The van der Waals surface area contributed by atoms with E-state index in [0.29, 0.717) is 0 Å². The summed E-state index contributed by atoms with van der Waals surface area (Å²) in [6.45, 7) is 0. The van der Waals surface area contributed by atoms with Crippen LogP contribution in [0.1, 0.15) is 0 Å². The molecule has 0 nitrogen and oxygen atoms in total. The molecule has 0 aliphatic heterocycles. The van der Waals surface area contributed by atoms with Gasteiger partial charge in [0.05, 0.1) is 3.39 Å². The Bertz CT molecular complexity index is 503. The Hall–Kier alpha value is 7.42. The number of hydrogen-bond acceptors (Lipinski definition) is 0. The van der Waals surface area contributed by atoms with Gasteiger partial charge in [-0.2, -0.15) is 0 Å². The van der Waals surface area contributed by atoms with E-state index in [1.165, 1.54) is 0 Å². The third-order valence-corrected chi connectivity index (χ3v) is 31.3. The molecule has 0 saturated carbocycles. The fourth-order valence-corrected chi connectivity index (χ4v) is 14.2. The second-order valence-corrected chi connectivity index (χ2v) is 31.4. The summed E-state index contributed by atoms with van der Waals surface area (Å²) in [4.78, 5) is 0. The number of rotatable bonds is 5. The van der Waals surface area contributed by atoms with Crippen LogP contribution in [0.25, 0.3) is 0 Å². The number of alkyl halides is 13. The van der Waals surface area contributed by atoms with E-state index in [2.05, 4.69) is 255 Å². The standard InChI is InChI=1S/C8Br16/c9-1(2(10)11)3(12,13)4(14,15)5(16,17)6(18,19)7(20,21)8(22,23)24. The predicted octanol–water partition coefficient (Wildman–Crippen LogP) is 12.6. The van der Waals surface area contributed by atoms with E-state index in [1.54, 1.807) is 0 Å². The van der Waals surface area contributed by atoms with Gasteiger partial charge in [-0.15, -0.1) is 0 Å². The molecule has 0 aromatic heterocycles. The first kappa shape index (κ1) is 31.4. The van der Waals surface area contributed by atoms with Crippen LogP contribution in [0, 0.1) is 0 Å². The molecule has 0 heterocycles. The molecule has 0 unspecified atom stereocenters. The summed E-state index contributed by atoms with van der Waals surface area (Å²) in [6, 6.07) is 0. The molecule has 0 atom stereocenters. The molecular formula is C8Br16. The Kier molecular flexibility index (Phi) is 14.1. The lowest BCUT2D eigenvalue weighted by Gasteiger charge is -2.54. The van der Waals surface area contributed by atoms with Crippen molar-refractivity contribution >= 4 is 255 Å². The second kappa shape index (κ2) is 10.8. The van der Waals surface area contributed by atoms with Crippen molar-refractivity contribution in [3.8, 4) is 0 Å². The second-order valence-electron chi connectivity index (χ2n) is 3.94. The molecule has 0 radical (unpaired) electrons. The highest BCUT2D eigenvalue weighted by molar-refractivity contribution is 9.42. The van der Waals surface area contributed by atoms with Crippen LogP contribution >= 0.6 is 255 Å². The van der Waals surface area contributed by atoms with Crippen LogP contribution in [0.5, 0.6) is 0 Å². The van der Waals surface area contributed by atoms with Crippen molar-refractivity contribution in [3.63, 3.8) is 0 Å². The third kappa shape index (κ3) is 6.10. The summed E-state index contributed by atoms with van der Waals surface area (Å²) in [5.74, 6) is 0. The van der Waals surface area contributed by atoms with Crippen LogP contribution in [0.15, 0.2) is 7.87 Å². The van der Waals surface area contributed by atoms with Gasteiger partial charge in [0.1, 0.15) is 16.2 Å². The fraction of sp³-hybridized carbons (Fsp3) is 0.750. The fourth-order valence-electron chi connectivity index (χ4n) is 1.03. The number of hydrogen-bond donors (Lipinski definition) is 0. The smallest absolute Gasteiger partial charge is 0.0675 e. The van der Waals surface area contributed by atoms with Crippen molar-refractivity contribution in [2.24, 2.45) is 0 Å². The molecule has 0 amide bonds. The van der Waals surface area contributed by atoms with Gasteiger partial charge in [-0.3, -0.25) is 0 Å². The monoisotopic (exact) mass is 1360 g/mol. The van der Waals surface area contributed by atoms with Gasteiger partial charge >= 0.3 is 0 Å². The van der Waals surface area contributed by atoms with Crippen LogP contribution in [-0.4, -0.2) is 18.3 Å². The first-order chi connectivity index (χ1) is 10.1. The average molecular weight is 1370 g/mol. The Morgan fingerprint density at radius 1 is 0.417 bits per heavy atom. The predicted molar refractivity (Wildman–Crippen MR) is 166 cm³/mol. The van der Waals surface area contributed by atoms with Crippen molar-refractivity contribution in [1.82, 2.24) is 0 Å². The van der Waals surface area contributed by atoms with Gasteiger partial charge < -0.3 is 0 Å². The number of halogens is 16. The summed E-state index contributed by atoms with van der Waals surface area (Å²) in [6.07, 6.45) is 0. The maximum absolute atomic E-state index is 3.78. The highest BCUT2D eigenvalue weighted by atomic mass is 80.0. The summed E-state index contributed by atoms with van der Waals surface area (Å²) in [5, 5.41) is 0. The molecule has 144 valence electrons. The van der Waals surface area contributed by atoms with Gasteiger partial charge in [-0.05, 0) is 31.9 Å². The lowest BCUT2D eigenvalue weighted by Crippen LogP contribution is -2.63. The maximum atomic E-state index is 3.78. The lowest BCUT2D eigenvalue weighted by molar-refractivity contribution is 0.654. The van der Waals surface area contributed by atoms with Gasteiger partial charge in [0, 0.05) is 4.48 Å². The number of allylic oxidation sites excluding steroid dienone is 1. The highest BCUT2D eigenvalue weighted by Crippen LogP contribution is 2.75. The Labute approximate surface area is 274 Å². The highest BCUT2D eigenvalue weighted by Gasteiger charge is 2.73. The van der Waals surface area contributed by atoms with Gasteiger partial charge in [0.2, 0.25) is 0 Å². The molecule has 0 fully saturated rings. The summed E-state index contributed by atoms with van der Waals surface area (Å²) in [5.41, 5.74) is 0. The van der Waals surface area contributed by atoms with Crippen LogP contribution < -0.4 is 0 Å². The Morgan fingerprint density at radius 3 is 0.958 bits per heavy atom. The van der Waals surface area contributed by atoms with Gasteiger partial charge in [0.15, 0.2) is 2.14 Å². The zero-order chi connectivity index (χ0) is 20.2. The van der Waals surface area contributed by atoms with Gasteiger partial charge in [-0.25, -0.2) is 0 Å². The molecule has 0 aromatic rings. The largest absolute Gasteiger partial charge is 0.162 e. The van der Waals surface area contributed by atoms with Crippen molar-refractivity contribution in [1.29, 1.82) is 0 Å². The molecule has 0 N–H and O–H groups in total. The van der Waals surface area contributed by atoms with E-state index < -0.39 is 18.3 Å². The van der Waals surface area contributed by atoms with Crippen molar-refractivity contribution in [2.45, 2.75) is 18.3 Å². The van der Waals surface area contributed by atoms with E-state index in [-0.39, 0.29) is 0 Å². The minimum absolute atomic E-state index is 0.720. The molecule has 0 aliphatic carbocycles. The quantitative estimate of drug-likeness (QED) is 0.241. The van der Waals surface area contributed by atoms with Crippen molar-refractivity contribution < 1.29 is 0 Å². The molecule has 0 rings (SSSR count). The van der Waals surface area contributed by atoms with E-state index in [1.807, 2.05) is 0 Å². The average Bonchev–Trinajstić information content (AvgIpc) is 2.35. The Balaban J connectivity index is 6.47. The van der Waals surface area contributed by atoms with E-state index in [4.69, 9.17) is 0 Å². The lowest BCUT2D eigenvalue weighted by atomic mass is 10.1. The van der Waals surface area contributed by atoms with Crippen molar-refractivity contribution in [3.05, 3.63) is 7.87 Å². The minimum Gasteiger partial charge on any atom is -0.0675 e. The van der Waals surface area contributed by atoms with E-state index in [9.17, 15) is 0 Å².